The van der Waals surface area contributed by atoms with E-state index < -0.39 is 5.82 Å². The molecule has 0 bridgehead atoms. The van der Waals surface area contributed by atoms with Crippen molar-refractivity contribution >= 4 is 46.3 Å². The Kier molecular flexibility index (Phi) is 4.63. The number of rotatable bonds is 4. The summed E-state index contributed by atoms with van der Waals surface area (Å²) in [6, 6.07) is 7.99. The Hall–Kier alpha value is -1.04. The number of carbonyl (C=O) groups is 1. The van der Waals surface area contributed by atoms with Gasteiger partial charge in [-0.1, -0.05) is 17.7 Å². The number of halogens is 2. The van der Waals surface area contributed by atoms with Crippen molar-refractivity contribution in [3.63, 3.8) is 0 Å². The molecule has 0 aliphatic heterocycles. The summed E-state index contributed by atoms with van der Waals surface area (Å²) in [7, 11) is 0. The van der Waals surface area contributed by atoms with Crippen molar-refractivity contribution in [1.29, 1.82) is 0 Å². The molecule has 2 aromatic rings. The SMILES string of the molecule is O=C(CSc1cccs1)Nc1ccc(F)c(Cl)c1. The Balaban J connectivity index is 1.88. The van der Waals surface area contributed by atoms with Crippen LogP contribution in [0.3, 0.4) is 0 Å². The van der Waals surface area contributed by atoms with Crippen molar-refractivity contribution < 1.29 is 9.18 Å². The minimum Gasteiger partial charge on any atom is -0.325 e. The molecule has 6 heteroatoms. The van der Waals surface area contributed by atoms with Gasteiger partial charge in [0.2, 0.25) is 5.91 Å². The largest absolute Gasteiger partial charge is 0.325 e. The summed E-state index contributed by atoms with van der Waals surface area (Å²) in [5.74, 6) is -0.325. The maximum absolute atomic E-state index is 12.9. The molecule has 0 radical (unpaired) electrons. The first kappa shape index (κ1) is 13.4. The average Bonchev–Trinajstić information content (AvgIpc) is 2.84. The highest BCUT2D eigenvalue weighted by molar-refractivity contribution is 8.01. The molecule has 1 amide bonds. The number of nitrogens with one attached hydrogen (secondary N) is 1. The molecule has 94 valence electrons. The Morgan fingerprint density at radius 3 is 2.94 bits per heavy atom. The van der Waals surface area contributed by atoms with Crippen LogP contribution in [-0.2, 0) is 4.79 Å². The third-order valence-electron chi connectivity index (χ3n) is 2.04. The molecule has 1 aromatic heterocycles. The van der Waals surface area contributed by atoms with Gasteiger partial charge in [0.15, 0.2) is 0 Å². The number of thioether (sulfide) groups is 1. The smallest absolute Gasteiger partial charge is 0.234 e. The third kappa shape index (κ3) is 3.73. The lowest BCUT2D eigenvalue weighted by Gasteiger charge is -2.05. The summed E-state index contributed by atoms with van der Waals surface area (Å²) in [4.78, 5) is 11.6. The zero-order chi connectivity index (χ0) is 13.0. The van der Waals surface area contributed by atoms with E-state index >= 15 is 0 Å². The number of benzene rings is 1. The number of amides is 1. The van der Waals surface area contributed by atoms with Gasteiger partial charge >= 0.3 is 0 Å². The van der Waals surface area contributed by atoms with E-state index in [1.807, 2.05) is 17.5 Å². The molecule has 2 rings (SSSR count). The van der Waals surface area contributed by atoms with E-state index in [4.69, 9.17) is 11.6 Å². The minimum atomic E-state index is -0.498. The standard InChI is InChI=1S/C12H9ClFNOS2/c13-9-6-8(3-4-10(9)14)15-11(16)7-18-12-2-1-5-17-12/h1-6H,7H2,(H,15,16). The average molecular weight is 302 g/mol. The van der Waals surface area contributed by atoms with E-state index in [0.29, 0.717) is 11.4 Å². The number of hydrogen-bond acceptors (Lipinski definition) is 3. The van der Waals surface area contributed by atoms with Crippen LogP contribution in [0.1, 0.15) is 0 Å². The maximum atomic E-state index is 12.9. The molecule has 0 fully saturated rings. The fourth-order valence-electron chi connectivity index (χ4n) is 1.25. The molecule has 1 N–H and O–H groups in total. The predicted molar refractivity (Wildman–Crippen MR) is 75.1 cm³/mol. The number of carbonyl (C=O) groups excluding carboxylic acids is 1. The highest BCUT2D eigenvalue weighted by atomic mass is 35.5. The molecular weight excluding hydrogens is 293 g/mol. The first-order valence-corrected chi connectivity index (χ1v) is 7.30. The van der Waals surface area contributed by atoms with E-state index in [9.17, 15) is 9.18 Å². The number of anilines is 1. The molecule has 2 nitrogen and oxygen atoms in total. The van der Waals surface area contributed by atoms with Crippen LogP contribution < -0.4 is 5.32 Å². The van der Waals surface area contributed by atoms with Gasteiger partial charge in [-0.05, 0) is 29.6 Å². The van der Waals surface area contributed by atoms with Gasteiger partial charge < -0.3 is 5.32 Å². The summed E-state index contributed by atoms with van der Waals surface area (Å²) in [5, 5.41) is 4.62. The molecular formula is C12H9ClFNOS2. The predicted octanol–water partition coefficient (Wildman–Crippen LogP) is 4.27. The van der Waals surface area contributed by atoms with Gasteiger partial charge in [0.1, 0.15) is 5.82 Å². The van der Waals surface area contributed by atoms with Crippen LogP contribution in [0.5, 0.6) is 0 Å². The van der Waals surface area contributed by atoms with Gasteiger partial charge in [-0.25, -0.2) is 4.39 Å². The first-order chi connectivity index (χ1) is 8.65. The summed E-state index contributed by atoms with van der Waals surface area (Å²) in [6.45, 7) is 0. The topological polar surface area (TPSA) is 29.1 Å². The van der Waals surface area contributed by atoms with Gasteiger partial charge in [-0.2, -0.15) is 0 Å². The Morgan fingerprint density at radius 1 is 1.44 bits per heavy atom. The molecule has 1 heterocycles. The Morgan fingerprint density at radius 2 is 2.28 bits per heavy atom. The van der Waals surface area contributed by atoms with Crippen LogP contribution >= 0.6 is 34.7 Å². The molecule has 18 heavy (non-hydrogen) atoms. The van der Waals surface area contributed by atoms with Gasteiger partial charge in [0.05, 0.1) is 15.0 Å². The van der Waals surface area contributed by atoms with Crippen molar-refractivity contribution in [3.05, 3.63) is 46.6 Å². The second-order valence-electron chi connectivity index (χ2n) is 3.40. The van der Waals surface area contributed by atoms with Crippen LogP contribution in [0.4, 0.5) is 10.1 Å². The zero-order valence-electron chi connectivity index (χ0n) is 9.15. The van der Waals surface area contributed by atoms with Crippen molar-refractivity contribution in [2.45, 2.75) is 4.21 Å². The van der Waals surface area contributed by atoms with Crippen LogP contribution in [0.15, 0.2) is 39.9 Å². The highest BCUT2D eigenvalue weighted by Crippen LogP contribution is 2.24. The van der Waals surface area contributed by atoms with E-state index in [2.05, 4.69) is 5.32 Å². The molecule has 1 aromatic carbocycles. The molecule has 0 unspecified atom stereocenters. The minimum absolute atomic E-state index is 0.00119. The van der Waals surface area contributed by atoms with Crippen LogP contribution in [-0.4, -0.2) is 11.7 Å². The lowest BCUT2D eigenvalue weighted by molar-refractivity contribution is -0.113. The fraction of sp³-hybridized carbons (Fsp3) is 0.0833. The molecule has 0 saturated heterocycles. The second kappa shape index (κ2) is 6.22. The fourth-order valence-corrected chi connectivity index (χ4v) is 3.02. The van der Waals surface area contributed by atoms with Crippen LogP contribution in [0, 0.1) is 5.82 Å². The summed E-state index contributed by atoms with van der Waals surface area (Å²) in [6.07, 6.45) is 0. The van der Waals surface area contributed by atoms with Gasteiger partial charge in [-0.15, -0.1) is 23.1 Å². The second-order valence-corrected chi connectivity index (χ2v) is 6.03. The van der Waals surface area contributed by atoms with Gasteiger partial charge in [0, 0.05) is 5.69 Å². The Labute approximate surface area is 117 Å². The van der Waals surface area contributed by atoms with Gasteiger partial charge in [0.25, 0.3) is 0 Å². The molecule has 0 atom stereocenters. The summed E-state index contributed by atoms with van der Waals surface area (Å²) >= 11 is 8.67. The molecule has 0 aliphatic carbocycles. The van der Waals surface area contributed by atoms with E-state index in [-0.39, 0.29) is 10.9 Å². The van der Waals surface area contributed by atoms with E-state index in [0.717, 1.165) is 4.21 Å². The normalized spacial score (nSPS) is 10.3. The monoisotopic (exact) mass is 301 g/mol. The number of thiophene rings is 1. The van der Waals surface area contributed by atoms with Gasteiger partial charge in [-0.3, -0.25) is 4.79 Å². The van der Waals surface area contributed by atoms with Crippen molar-refractivity contribution in [1.82, 2.24) is 0 Å². The van der Waals surface area contributed by atoms with Crippen molar-refractivity contribution in [2.75, 3.05) is 11.1 Å². The summed E-state index contributed by atoms with van der Waals surface area (Å²) in [5.41, 5.74) is 0.498. The molecule has 0 aliphatic rings. The summed E-state index contributed by atoms with van der Waals surface area (Å²) < 4.78 is 14.0. The van der Waals surface area contributed by atoms with Crippen molar-refractivity contribution in [2.24, 2.45) is 0 Å². The quantitative estimate of drug-likeness (QED) is 0.854. The van der Waals surface area contributed by atoms with E-state index in [1.165, 1.54) is 30.0 Å². The lowest BCUT2D eigenvalue weighted by Crippen LogP contribution is -2.13. The molecule has 0 saturated carbocycles. The van der Waals surface area contributed by atoms with E-state index in [1.54, 1.807) is 11.3 Å². The molecule has 0 spiro atoms. The zero-order valence-corrected chi connectivity index (χ0v) is 11.5. The van der Waals surface area contributed by atoms with Crippen LogP contribution in [0.25, 0.3) is 0 Å². The van der Waals surface area contributed by atoms with Crippen LogP contribution in [0.2, 0.25) is 5.02 Å². The maximum Gasteiger partial charge on any atom is 0.234 e. The van der Waals surface area contributed by atoms with Crippen molar-refractivity contribution in [3.8, 4) is 0 Å². The Bertz CT molecular complexity index is 545. The number of hydrogen-bond donors (Lipinski definition) is 1. The third-order valence-corrected chi connectivity index (χ3v) is 4.46. The first-order valence-electron chi connectivity index (χ1n) is 5.06. The highest BCUT2D eigenvalue weighted by Gasteiger charge is 2.06. The lowest BCUT2D eigenvalue weighted by atomic mass is 10.3.